The van der Waals surface area contributed by atoms with Crippen LogP contribution in [0.15, 0.2) is 35.3 Å². The summed E-state index contributed by atoms with van der Waals surface area (Å²) < 4.78 is 14.2. The van der Waals surface area contributed by atoms with Crippen molar-refractivity contribution < 1.29 is 9.18 Å². The van der Waals surface area contributed by atoms with Gasteiger partial charge in [-0.25, -0.2) is 14.4 Å². The van der Waals surface area contributed by atoms with E-state index in [1.54, 1.807) is 24.2 Å². The molecule has 0 bridgehead atoms. The molecule has 0 aromatic carbocycles. The Morgan fingerprint density at radius 2 is 2.19 bits per heavy atom. The minimum atomic E-state index is -0.603. The third-order valence-corrected chi connectivity index (χ3v) is 4.79. The number of nitrogens with one attached hydrogen (secondary N) is 3. The normalized spacial score (nSPS) is 22.0. The fourth-order valence-corrected chi connectivity index (χ4v) is 3.20. The quantitative estimate of drug-likeness (QED) is 0.739. The second kappa shape index (κ2) is 6.60. The zero-order chi connectivity index (χ0) is 18.3. The van der Waals surface area contributed by atoms with Crippen LogP contribution in [0.4, 0.5) is 10.2 Å². The first kappa shape index (κ1) is 16.8. The number of halogens is 2. The van der Waals surface area contributed by atoms with Crippen molar-refractivity contribution in [2.75, 3.05) is 18.4 Å². The minimum Gasteiger partial charge on any atom is -0.367 e. The maximum absolute atomic E-state index is 14.2. The molecule has 1 amide bonds. The predicted molar refractivity (Wildman–Crippen MR) is 96.3 cm³/mol. The summed E-state index contributed by atoms with van der Waals surface area (Å²) in [5.41, 5.74) is 1.60. The molecule has 1 saturated heterocycles. The van der Waals surface area contributed by atoms with Crippen LogP contribution < -0.4 is 16.0 Å². The highest BCUT2D eigenvalue weighted by molar-refractivity contribution is 6.31. The van der Waals surface area contributed by atoms with Crippen molar-refractivity contribution in [1.82, 2.24) is 25.5 Å². The maximum atomic E-state index is 14.2. The number of fused-ring (bicyclic) bond motifs is 1. The molecule has 136 valence electrons. The van der Waals surface area contributed by atoms with Crippen LogP contribution >= 0.6 is 11.6 Å². The third-order valence-electron chi connectivity index (χ3n) is 4.57. The van der Waals surface area contributed by atoms with Crippen molar-refractivity contribution in [3.05, 3.63) is 46.9 Å². The molecule has 4 heterocycles. The van der Waals surface area contributed by atoms with Crippen molar-refractivity contribution in [2.24, 2.45) is 0 Å². The zero-order valence-electron chi connectivity index (χ0n) is 14.1. The van der Waals surface area contributed by atoms with Crippen LogP contribution in [0, 0.1) is 5.82 Å². The first-order valence-electron chi connectivity index (χ1n) is 8.41. The van der Waals surface area contributed by atoms with E-state index in [-0.39, 0.29) is 17.9 Å². The van der Waals surface area contributed by atoms with E-state index in [0.29, 0.717) is 10.9 Å². The second-order valence-electron chi connectivity index (χ2n) is 6.39. The van der Waals surface area contributed by atoms with Crippen LogP contribution in [0.1, 0.15) is 19.2 Å². The molecule has 0 aliphatic carbocycles. The van der Waals surface area contributed by atoms with Crippen LogP contribution in [-0.4, -0.2) is 46.1 Å². The van der Waals surface area contributed by atoms with Crippen LogP contribution in [-0.2, 0) is 4.79 Å². The van der Waals surface area contributed by atoms with Gasteiger partial charge in [0, 0.05) is 36.6 Å². The molecule has 26 heavy (non-hydrogen) atoms. The van der Waals surface area contributed by atoms with Crippen LogP contribution in [0.2, 0.25) is 0 Å². The van der Waals surface area contributed by atoms with Gasteiger partial charge >= 0.3 is 0 Å². The van der Waals surface area contributed by atoms with E-state index in [2.05, 4.69) is 25.9 Å². The number of dihydropyridines is 1. The fraction of sp³-hybridized carbons (Fsp3) is 0.353. The molecule has 3 N–H and O–H groups in total. The minimum absolute atomic E-state index is 0.00623. The molecule has 0 saturated carbocycles. The number of carbonyl (C=O) groups excluding carboxylic acids is 1. The Labute approximate surface area is 155 Å². The van der Waals surface area contributed by atoms with E-state index in [9.17, 15) is 9.18 Å². The number of hydrogen-bond acceptors (Lipinski definition) is 6. The van der Waals surface area contributed by atoms with Gasteiger partial charge in [-0.05, 0) is 19.4 Å². The van der Waals surface area contributed by atoms with E-state index in [1.165, 1.54) is 0 Å². The Hall–Kier alpha value is -2.61. The molecule has 1 aromatic heterocycles. The maximum Gasteiger partial charge on any atom is 0.244 e. The number of aromatic nitrogens is 2. The summed E-state index contributed by atoms with van der Waals surface area (Å²) in [4.78, 5) is 22.4. The van der Waals surface area contributed by atoms with Gasteiger partial charge in [-0.1, -0.05) is 11.6 Å². The SMILES string of the molecule is C[C@H](Nc1nc(C2=CNC3NC=C(Cl)C=C23)ncc1F)C(=O)N1CCC1. The molecule has 0 radical (unpaired) electrons. The molecule has 1 unspecified atom stereocenters. The summed E-state index contributed by atoms with van der Waals surface area (Å²) >= 11 is 6.06. The Kier molecular flexibility index (Phi) is 4.28. The van der Waals surface area contributed by atoms with Crippen LogP contribution in [0.3, 0.4) is 0 Å². The van der Waals surface area contributed by atoms with Crippen molar-refractivity contribution in [3.63, 3.8) is 0 Å². The van der Waals surface area contributed by atoms with Crippen molar-refractivity contribution >= 4 is 28.9 Å². The third kappa shape index (κ3) is 3.01. The van der Waals surface area contributed by atoms with Crippen molar-refractivity contribution in [3.8, 4) is 0 Å². The van der Waals surface area contributed by atoms with Crippen LogP contribution in [0.25, 0.3) is 5.57 Å². The molecule has 3 aliphatic rings. The van der Waals surface area contributed by atoms with E-state index in [1.807, 2.05) is 6.08 Å². The summed E-state index contributed by atoms with van der Waals surface area (Å²) in [6, 6.07) is -0.566. The summed E-state index contributed by atoms with van der Waals surface area (Å²) in [6.07, 6.45) is 7.26. The van der Waals surface area contributed by atoms with Crippen molar-refractivity contribution in [1.29, 1.82) is 0 Å². The molecular formula is C17H18ClFN6O. The topological polar surface area (TPSA) is 82.2 Å². The number of anilines is 1. The summed E-state index contributed by atoms with van der Waals surface area (Å²) in [7, 11) is 0. The lowest BCUT2D eigenvalue weighted by Crippen LogP contribution is -2.48. The average Bonchev–Trinajstić information content (AvgIpc) is 2.98. The Balaban J connectivity index is 1.57. The molecule has 7 nitrogen and oxygen atoms in total. The van der Waals surface area contributed by atoms with E-state index < -0.39 is 11.9 Å². The molecule has 9 heteroatoms. The van der Waals surface area contributed by atoms with Gasteiger partial charge in [0.25, 0.3) is 0 Å². The van der Waals surface area contributed by atoms with E-state index in [4.69, 9.17) is 11.6 Å². The number of hydrogen-bond donors (Lipinski definition) is 3. The number of rotatable bonds is 4. The number of likely N-dealkylation sites (tertiary alicyclic amines) is 1. The number of allylic oxidation sites excluding steroid dienone is 2. The smallest absolute Gasteiger partial charge is 0.244 e. The van der Waals surface area contributed by atoms with E-state index in [0.717, 1.165) is 36.9 Å². The summed E-state index contributed by atoms with van der Waals surface area (Å²) in [6.45, 7) is 3.20. The Bertz CT molecular complexity index is 848. The summed E-state index contributed by atoms with van der Waals surface area (Å²) in [5, 5.41) is 9.68. The lowest BCUT2D eigenvalue weighted by molar-refractivity contribution is -0.135. The predicted octanol–water partition coefficient (Wildman–Crippen LogP) is 1.53. The molecule has 4 rings (SSSR count). The lowest BCUT2D eigenvalue weighted by atomic mass is 10.0. The van der Waals surface area contributed by atoms with Gasteiger partial charge in [-0.15, -0.1) is 0 Å². The Morgan fingerprint density at radius 3 is 2.92 bits per heavy atom. The van der Waals surface area contributed by atoms with Gasteiger partial charge in [0.05, 0.1) is 11.2 Å². The van der Waals surface area contributed by atoms with Gasteiger partial charge in [-0.3, -0.25) is 4.79 Å². The largest absolute Gasteiger partial charge is 0.367 e. The molecule has 3 aliphatic heterocycles. The number of amides is 1. The van der Waals surface area contributed by atoms with E-state index >= 15 is 0 Å². The average molecular weight is 377 g/mol. The molecule has 0 spiro atoms. The van der Waals surface area contributed by atoms with Gasteiger partial charge < -0.3 is 20.9 Å². The highest BCUT2D eigenvalue weighted by atomic mass is 35.5. The molecule has 1 aromatic rings. The van der Waals surface area contributed by atoms with Gasteiger partial charge in [-0.2, -0.15) is 0 Å². The van der Waals surface area contributed by atoms with Gasteiger partial charge in [0.15, 0.2) is 17.5 Å². The fourth-order valence-electron chi connectivity index (χ4n) is 3.02. The van der Waals surface area contributed by atoms with Crippen LogP contribution in [0.5, 0.6) is 0 Å². The molecule has 2 atom stereocenters. The first-order chi connectivity index (χ1) is 12.5. The Morgan fingerprint density at radius 1 is 1.42 bits per heavy atom. The molecular weight excluding hydrogens is 359 g/mol. The van der Waals surface area contributed by atoms with Gasteiger partial charge in [0.1, 0.15) is 12.2 Å². The lowest BCUT2D eigenvalue weighted by Gasteiger charge is -2.33. The van der Waals surface area contributed by atoms with Gasteiger partial charge in [0.2, 0.25) is 5.91 Å². The van der Waals surface area contributed by atoms with Crippen molar-refractivity contribution in [2.45, 2.75) is 25.6 Å². The second-order valence-corrected chi connectivity index (χ2v) is 6.82. The highest BCUT2D eigenvalue weighted by Crippen LogP contribution is 2.31. The summed E-state index contributed by atoms with van der Waals surface area (Å²) in [5.74, 6) is -0.304. The highest BCUT2D eigenvalue weighted by Gasteiger charge is 2.29. The molecule has 1 fully saturated rings. The monoisotopic (exact) mass is 376 g/mol. The zero-order valence-corrected chi connectivity index (χ0v) is 14.8. The first-order valence-corrected chi connectivity index (χ1v) is 8.79. The number of nitrogens with zero attached hydrogens (tertiary/aromatic N) is 3. The number of carbonyl (C=O) groups is 1. The standard InChI is InChI=1S/C17H18ClFN6O/c1-9(17(26)25-3-2-4-25)23-16-13(19)8-22-15(24-16)12-7-21-14-11(12)5-10(18)6-20-14/h5-9,14,20-21H,2-4H2,1H3,(H,22,23,24)/t9-,14?/m0/s1.